The molecule has 0 saturated carbocycles. The Morgan fingerprint density at radius 3 is 1.52 bits per heavy atom. The van der Waals surface area contributed by atoms with E-state index in [1.807, 2.05) is 114 Å². The van der Waals surface area contributed by atoms with Gasteiger partial charge >= 0.3 is 0 Å². The van der Waals surface area contributed by atoms with E-state index in [1.54, 1.807) is 21.9 Å². The summed E-state index contributed by atoms with van der Waals surface area (Å²) < 4.78 is 28.5. The van der Waals surface area contributed by atoms with E-state index in [4.69, 9.17) is 0 Å². The van der Waals surface area contributed by atoms with Crippen molar-refractivity contribution in [2.45, 2.75) is 95.8 Å². The third-order valence-corrected chi connectivity index (χ3v) is 14.4. The highest BCUT2D eigenvalue weighted by Gasteiger charge is 2.44. The van der Waals surface area contributed by atoms with Crippen LogP contribution in [0.3, 0.4) is 0 Å². The molecule has 69 heavy (non-hydrogen) atoms. The fraction of sp³-hybridized carbons (Fsp3) is 0.393. The minimum Gasteiger partial charge on any atom is -0.363 e. The van der Waals surface area contributed by atoms with Gasteiger partial charge in [0.2, 0.25) is 23.6 Å². The van der Waals surface area contributed by atoms with Crippen molar-refractivity contribution < 1.29 is 28.0 Å². The molecule has 4 amide bonds. The SMILES string of the molecule is CC1(C)CCN(C(C(=O)N2CCCC2C(=O)Nc2ccc(CN(Cc3ccc(NC(=O)C4CCCN4C(=O)C(c4ccccc4)N4CCC(F)C4)cc3)c3ccc(F)cc3)cc2)c2ccccc2)C1. The van der Waals surface area contributed by atoms with E-state index in [1.165, 1.54) is 12.1 Å². The van der Waals surface area contributed by atoms with Crippen LogP contribution in [0.4, 0.5) is 25.8 Å². The number of rotatable bonds is 15. The first-order valence-corrected chi connectivity index (χ1v) is 24.5. The van der Waals surface area contributed by atoms with Gasteiger partial charge in [0.05, 0.1) is 0 Å². The molecule has 0 aromatic heterocycles. The standard InChI is InChI=1S/C56H63F2N7O4/c1-56(2)30-34-62(38-56)51(42-13-7-4-8-14-42)55(69)65-32-10-16-49(65)53(67)60-46-25-19-40(20-26-46)36-63(47-27-21-43(57)22-28-47)35-39-17-23-45(24-18-39)59-52(66)48-15-9-31-64(48)54(68)50(41-11-5-3-6-12-41)61-33-29-44(58)37-61/h3-8,11-14,17-28,44,48-51H,9-10,15-16,29-38H2,1-2H3,(H,59,66)(H,60,67). The number of carbonyl (C=O) groups excluding carboxylic acids is 4. The van der Waals surface area contributed by atoms with Gasteiger partial charge in [-0.2, -0.15) is 0 Å². The number of likely N-dealkylation sites (tertiary alicyclic amines) is 4. The van der Waals surface area contributed by atoms with Crippen LogP contribution in [0.15, 0.2) is 133 Å². The van der Waals surface area contributed by atoms with Gasteiger partial charge in [0.25, 0.3) is 0 Å². The van der Waals surface area contributed by atoms with Crippen molar-refractivity contribution in [1.29, 1.82) is 0 Å². The normalized spacial score (nSPS) is 21.2. The summed E-state index contributed by atoms with van der Waals surface area (Å²) >= 11 is 0. The Morgan fingerprint density at radius 2 is 1.09 bits per heavy atom. The summed E-state index contributed by atoms with van der Waals surface area (Å²) in [5.41, 5.74) is 5.84. The van der Waals surface area contributed by atoms with Crippen molar-refractivity contribution in [3.05, 3.63) is 162 Å². The molecule has 4 heterocycles. The van der Waals surface area contributed by atoms with Gasteiger partial charge in [0.15, 0.2) is 0 Å². The second kappa shape index (κ2) is 21.1. The molecular formula is C56H63F2N7O4. The van der Waals surface area contributed by atoms with Crippen LogP contribution in [-0.4, -0.2) is 101 Å². The summed E-state index contributed by atoms with van der Waals surface area (Å²) in [7, 11) is 0. The van der Waals surface area contributed by atoms with Crippen molar-refractivity contribution in [2.75, 3.05) is 54.8 Å². The zero-order valence-corrected chi connectivity index (χ0v) is 39.6. The quantitative estimate of drug-likeness (QED) is 0.108. The molecule has 360 valence electrons. The van der Waals surface area contributed by atoms with Gasteiger partial charge in [-0.25, -0.2) is 8.78 Å². The van der Waals surface area contributed by atoms with Crippen LogP contribution in [-0.2, 0) is 32.3 Å². The number of halogens is 2. The molecule has 5 unspecified atom stereocenters. The number of anilines is 3. The van der Waals surface area contributed by atoms with Gasteiger partial charge in [-0.05, 0) is 121 Å². The number of nitrogens with one attached hydrogen (secondary N) is 2. The maximum absolute atomic E-state index is 14.4. The van der Waals surface area contributed by atoms with Crippen LogP contribution >= 0.6 is 0 Å². The lowest BCUT2D eigenvalue weighted by molar-refractivity contribution is -0.141. The molecule has 4 saturated heterocycles. The molecular weight excluding hydrogens is 873 g/mol. The summed E-state index contributed by atoms with van der Waals surface area (Å²) in [6, 6.07) is 38.7. The van der Waals surface area contributed by atoms with Crippen LogP contribution in [0, 0.1) is 11.2 Å². The molecule has 4 aliphatic heterocycles. The average Bonchev–Trinajstić information content (AvgIpc) is 4.20. The molecule has 2 N–H and O–H groups in total. The smallest absolute Gasteiger partial charge is 0.247 e. The van der Waals surface area contributed by atoms with E-state index >= 15 is 0 Å². The second-order valence-electron chi connectivity index (χ2n) is 20.0. The maximum atomic E-state index is 14.4. The molecule has 5 aromatic carbocycles. The highest BCUT2D eigenvalue weighted by atomic mass is 19.1. The van der Waals surface area contributed by atoms with E-state index in [0.29, 0.717) is 69.8 Å². The molecule has 9 rings (SSSR count). The summed E-state index contributed by atoms with van der Waals surface area (Å²) in [5, 5.41) is 6.13. The lowest BCUT2D eigenvalue weighted by Gasteiger charge is -2.34. The third kappa shape index (κ3) is 11.2. The molecule has 5 aromatic rings. The average molecular weight is 936 g/mol. The van der Waals surface area contributed by atoms with Crippen molar-refractivity contribution in [3.63, 3.8) is 0 Å². The highest BCUT2D eigenvalue weighted by Crippen LogP contribution is 2.37. The van der Waals surface area contributed by atoms with Crippen LogP contribution in [0.2, 0.25) is 0 Å². The van der Waals surface area contributed by atoms with Crippen molar-refractivity contribution >= 4 is 40.7 Å². The fourth-order valence-electron chi connectivity index (χ4n) is 10.7. The predicted octanol–water partition coefficient (Wildman–Crippen LogP) is 9.15. The minimum absolute atomic E-state index is 0.0264. The van der Waals surface area contributed by atoms with Crippen molar-refractivity contribution in [1.82, 2.24) is 19.6 Å². The van der Waals surface area contributed by atoms with E-state index in [-0.39, 0.29) is 41.4 Å². The first-order chi connectivity index (χ1) is 33.4. The Balaban J connectivity index is 0.833. The predicted molar refractivity (Wildman–Crippen MR) is 265 cm³/mol. The number of alkyl halides is 1. The largest absolute Gasteiger partial charge is 0.363 e. The van der Waals surface area contributed by atoms with Gasteiger partial charge < -0.3 is 25.3 Å². The highest BCUT2D eigenvalue weighted by molar-refractivity contribution is 5.99. The number of amides is 4. The molecule has 0 bridgehead atoms. The molecule has 0 spiro atoms. The van der Waals surface area contributed by atoms with Gasteiger partial charge in [0, 0.05) is 62.9 Å². The van der Waals surface area contributed by atoms with Gasteiger partial charge in [0.1, 0.15) is 36.2 Å². The second-order valence-corrected chi connectivity index (χ2v) is 20.0. The molecule has 4 aliphatic rings. The van der Waals surface area contributed by atoms with E-state index in [9.17, 15) is 28.0 Å². The summed E-state index contributed by atoms with van der Waals surface area (Å²) in [4.78, 5) is 66.0. The van der Waals surface area contributed by atoms with Gasteiger partial charge in [-0.3, -0.25) is 29.0 Å². The summed E-state index contributed by atoms with van der Waals surface area (Å²) in [6.45, 7) is 8.73. The monoisotopic (exact) mass is 935 g/mol. The summed E-state index contributed by atoms with van der Waals surface area (Å²) in [6.07, 6.45) is 2.99. The van der Waals surface area contributed by atoms with Crippen molar-refractivity contribution in [3.8, 4) is 0 Å². The number of hydrogen-bond donors (Lipinski definition) is 2. The maximum Gasteiger partial charge on any atom is 0.247 e. The number of benzene rings is 5. The van der Waals surface area contributed by atoms with Crippen LogP contribution in [0.5, 0.6) is 0 Å². The Labute approximate surface area is 404 Å². The zero-order chi connectivity index (χ0) is 48.1. The topological polar surface area (TPSA) is 109 Å². The van der Waals surface area contributed by atoms with Crippen LogP contribution in [0.25, 0.3) is 0 Å². The molecule has 0 aliphatic carbocycles. The molecule has 11 nitrogen and oxygen atoms in total. The number of carbonyl (C=O) groups is 4. The van der Waals surface area contributed by atoms with Crippen LogP contribution in [0.1, 0.15) is 86.7 Å². The van der Waals surface area contributed by atoms with Crippen LogP contribution < -0.4 is 15.5 Å². The Kier molecular flexibility index (Phi) is 14.5. The first kappa shape index (κ1) is 47.6. The van der Waals surface area contributed by atoms with Gasteiger partial charge in [-0.1, -0.05) is 98.8 Å². The molecule has 13 heteroatoms. The molecule has 4 fully saturated rings. The number of hydrogen-bond acceptors (Lipinski definition) is 7. The van der Waals surface area contributed by atoms with E-state index in [0.717, 1.165) is 53.9 Å². The fourth-order valence-corrected chi connectivity index (χ4v) is 10.7. The number of nitrogens with zero attached hydrogens (tertiary/aromatic N) is 5. The van der Waals surface area contributed by atoms with Gasteiger partial charge in [-0.15, -0.1) is 0 Å². The first-order valence-electron chi connectivity index (χ1n) is 24.5. The lowest BCUT2D eigenvalue weighted by Crippen LogP contribution is -2.48. The Bertz CT molecular complexity index is 2560. The molecule has 0 radical (unpaired) electrons. The van der Waals surface area contributed by atoms with Crippen molar-refractivity contribution in [2.24, 2.45) is 5.41 Å². The Hall–Kier alpha value is -6.44. The van der Waals surface area contributed by atoms with E-state index in [2.05, 4.69) is 34.3 Å². The lowest BCUT2D eigenvalue weighted by atomic mass is 9.93. The summed E-state index contributed by atoms with van der Waals surface area (Å²) in [5.74, 6) is -0.996. The Morgan fingerprint density at radius 1 is 0.609 bits per heavy atom. The molecule has 5 atom stereocenters. The zero-order valence-electron chi connectivity index (χ0n) is 39.6. The minimum atomic E-state index is -0.985. The third-order valence-electron chi connectivity index (χ3n) is 14.4. The van der Waals surface area contributed by atoms with E-state index < -0.39 is 30.3 Å².